The van der Waals surface area contributed by atoms with Gasteiger partial charge >= 0.3 is 5.97 Å². The molecule has 0 radical (unpaired) electrons. The van der Waals surface area contributed by atoms with E-state index in [1.165, 1.54) is 19.2 Å². The molecule has 7 nitrogen and oxygen atoms in total. The molecule has 0 aliphatic rings. The van der Waals surface area contributed by atoms with E-state index < -0.39 is 11.4 Å². The molecule has 0 aliphatic heterocycles. The fourth-order valence-electron chi connectivity index (χ4n) is 1.87. The van der Waals surface area contributed by atoms with Crippen LogP contribution in [0.25, 0.3) is 0 Å². The van der Waals surface area contributed by atoms with Crippen LogP contribution in [0.3, 0.4) is 0 Å². The Morgan fingerprint density at radius 1 is 1.21 bits per heavy atom. The fraction of sp³-hybridized carbons (Fsp3) is 0.471. The molecule has 24 heavy (non-hydrogen) atoms. The molecule has 1 rings (SSSR count). The Morgan fingerprint density at radius 3 is 2.42 bits per heavy atom. The van der Waals surface area contributed by atoms with Crippen molar-refractivity contribution in [3.63, 3.8) is 0 Å². The number of nitrogens with one attached hydrogen (secondary N) is 2. The monoisotopic (exact) mass is 336 g/mol. The van der Waals surface area contributed by atoms with Crippen LogP contribution in [0.2, 0.25) is 0 Å². The quantitative estimate of drug-likeness (QED) is 0.663. The number of aromatic carboxylic acids is 1. The van der Waals surface area contributed by atoms with E-state index in [1.807, 2.05) is 20.8 Å². The molecule has 0 bridgehead atoms. The lowest BCUT2D eigenvalue weighted by molar-refractivity contribution is -0.128. The van der Waals surface area contributed by atoms with Crippen LogP contribution in [0.5, 0.6) is 5.75 Å². The number of carboxylic acids is 1. The average molecular weight is 336 g/mol. The van der Waals surface area contributed by atoms with Gasteiger partial charge in [-0.3, -0.25) is 9.59 Å². The maximum absolute atomic E-state index is 11.9. The topological polar surface area (TPSA) is 105 Å². The summed E-state index contributed by atoms with van der Waals surface area (Å²) in [7, 11) is 1.44. The van der Waals surface area contributed by atoms with E-state index in [-0.39, 0.29) is 29.5 Å². The van der Waals surface area contributed by atoms with Crippen molar-refractivity contribution in [2.75, 3.05) is 19.0 Å². The van der Waals surface area contributed by atoms with Crippen molar-refractivity contribution in [2.24, 2.45) is 5.41 Å². The van der Waals surface area contributed by atoms with Crippen LogP contribution in [-0.2, 0) is 9.59 Å². The third kappa shape index (κ3) is 5.91. The molecular weight excluding hydrogens is 312 g/mol. The minimum Gasteiger partial charge on any atom is -0.497 e. The smallest absolute Gasteiger partial charge is 0.337 e. The minimum atomic E-state index is -1.15. The molecule has 0 atom stereocenters. The van der Waals surface area contributed by atoms with Crippen LogP contribution in [0, 0.1) is 5.41 Å². The lowest BCUT2D eigenvalue weighted by Gasteiger charge is -2.17. The molecule has 132 valence electrons. The number of carbonyl (C=O) groups is 3. The number of ether oxygens (including phenoxy) is 1. The predicted molar refractivity (Wildman–Crippen MR) is 90.3 cm³/mol. The van der Waals surface area contributed by atoms with Gasteiger partial charge in [0.15, 0.2) is 0 Å². The molecule has 2 amide bonds. The van der Waals surface area contributed by atoms with E-state index in [0.717, 1.165) is 0 Å². The van der Waals surface area contributed by atoms with Gasteiger partial charge < -0.3 is 20.5 Å². The average Bonchev–Trinajstić information content (AvgIpc) is 2.50. The zero-order valence-corrected chi connectivity index (χ0v) is 14.4. The molecule has 0 aliphatic carbocycles. The van der Waals surface area contributed by atoms with Crippen LogP contribution in [-0.4, -0.2) is 36.5 Å². The fourth-order valence-corrected chi connectivity index (χ4v) is 1.87. The molecule has 0 saturated heterocycles. The summed E-state index contributed by atoms with van der Waals surface area (Å²) in [5, 5.41) is 14.5. The van der Waals surface area contributed by atoms with E-state index in [4.69, 9.17) is 4.74 Å². The van der Waals surface area contributed by atoms with E-state index >= 15 is 0 Å². The first kappa shape index (κ1) is 19.5. The van der Waals surface area contributed by atoms with Crippen molar-refractivity contribution in [1.82, 2.24) is 5.32 Å². The van der Waals surface area contributed by atoms with Gasteiger partial charge in [-0.05, 0) is 24.6 Å². The lowest BCUT2D eigenvalue weighted by Crippen LogP contribution is -2.35. The maximum atomic E-state index is 11.9. The Balaban J connectivity index is 2.54. The number of rotatable bonds is 7. The van der Waals surface area contributed by atoms with Crippen LogP contribution < -0.4 is 15.4 Å². The summed E-state index contributed by atoms with van der Waals surface area (Å²) in [6.07, 6.45) is 0.641. The molecule has 0 aromatic heterocycles. The van der Waals surface area contributed by atoms with Gasteiger partial charge in [0.2, 0.25) is 11.8 Å². The predicted octanol–water partition coefficient (Wildman–Crippen LogP) is 2.27. The molecule has 7 heteroatoms. The molecule has 0 fully saturated rings. The van der Waals surface area contributed by atoms with Gasteiger partial charge in [-0.1, -0.05) is 20.8 Å². The van der Waals surface area contributed by atoms with Crippen LogP contribution in [0.4, 0.5) is 5.69 Å². The second-order valence-electron chi connectivity index (χ2n) is 6.37. The summed E-state index contributed by atoms with van der Waals surface area (Å²) in [5.41, 5.74) is -0.294. The minimum absolute atomic E-state index is 0.0382. The third-order valence-corrected chi connectivity index (χ3v) is 3.28. The zero-order chi connectivity index (χ0) is 18.3. The Labute approximate surface area is 141 Å². The third-order valence-electron chi connectivity index (χ3n) is 3.28. The number of benzene rings is 1. The van der Waals surface area contributed by atoms with Gasteiger partial charge in [0.05, 0.1) is 18.4 Å². The summed E-state index contributed by atoms with van der Waals surface area (Å²) >= 11 is 0. The summed E-state index contributed by atoms with van der Waals surface area (Å²) in [5.74, 6) is -1.14. The van der Waals surface area contributed by atoms with Gasteiger partial charge in [0.25, 0.3) is 0 Å². The van der Waals surface area contributed by atoms with Crippen LogP contribution in [0.1, 0.15) is 44.0 Å². The Bertz CT molecular complexity index is 620. The number of amides is 2. The first-order chi connectivity index (χ1) is 11.1. The van der Waals surface area contributed by atoms with E-state index in [2.05, 4.69) is 10.6 Å². The Morgan fingerprint density at radius 2 is 1.88 bits per heavy atom. The molecule has 1 aromatic rings. The number of carboxylic acid groups (broad SMARTS) is 1. The number of carbonyl (C=O) groups excluding carboxylic acids is 2. The molecular formula is C17H24N2O5. The highest BCUT2D eigenvalue weighted by atomic mass is 16.5. The van der Waals surface area contributed by atoms with Crippen molar-refractivity contribution in [2.45, 2.75) is 33.6 Å². The zero-order valence-electron chi connectivity index (χ0n) is 14.4. The van der Waals surface area contributed by atoms with E-state index in [1.54, 1.807) is 6.07 Å². The Hall–Kier alpha value is -2.57. The highest BCUT2D eigenvalue weighted by molar-refractivity contribution is 6.00. The summed E-state index contributed by atoms with van der Waals surface area (Å²) < 4.78 is 4.98. The van der Waals surface area contributed by atoms with Crippen molar-refractivity contribution < 1.29 is 24.2 Å². The maximum Gasteiger partial charge on any atom is 0.337 e. The second-order valence-corrected chi connectivity index (χ2v) is 6.37. The first-order valence-electron chi connectivity index (χ1n) is 7.64. The van der Waals surface area contributed by atoms with Gasteiger partial charge in [-0.25, -0.2) is 4.79 Å². The van der Waals surface area contributed by atoms with Gasteiger partial charge in [0.1, 0.15) is 5.75 Å². The molecule has 0 heterocycles. The van der Waals surface area contributed by atoms with Gasteiger partial charge in [0, 0.05) is 18.4 Å². The van der Waals surface area contributed by atoms with Crippen molar-refractivity contribution in [3.8, 4) is 5.75 Å². The lowest BCUT2D eigenvalue weighted by atomic mass is 9.96. The normalized spacial score (nSPS) is 10.8. The van der Waals surface area contributed by atoms with Crippen molar-refractivity contribution >= 4 is 23.5 Å². The molecule has 0 unspecified atom stereocenters. The summed E-state index contributed by atoms with van der Waals surface area (Å²) in [4.78, 5) is 34.9. The molecule has 3 N–H and O–H groups in total. The molecule has 0 spiro atoms. The number of hydrogen-bond donors (Lipinski definition) is 3. The summed E-state index contributed by atoms with van der Waals surface area (Å²) in [6.45, 7) is 5.82. The van der Waals surface area contributed by atoms with Crippen molar-refractivity contribution in [3.05, 3.63) is 23.8 Å². The Kier molecular flexibility index (Phi) is 6.76. The van der Waals surface area contributed by atoms with Crippen molar-refractivity contribution in [1.29, 1.82) is 0 Å². The number of hydrogen-bond acceptors (Lipinski definition) is 4. The van der Waals surface area contributed by atoms with Gasteiger partial charge in [-0.2, -0.15) is 0 Å². The second kappa shape index (κ2) is 8.33. The largest absolute Gasteiger partial charge is 0.497 e. The molecule has 1 aromatic carbocycles. The van der Waals surface area contributed by atoms with Gasteiger partial charge in [-0.15, -0.1) is 0 Å². The van der Waals surface area contributed by atoms with E-state index in [9.17, 15) is 19.5 Å². The van der Waals surface area contributed by atoms with E-state index in [0.29, 0.717) is 18.7 Å². The first-order valence-corrected chi connectivity index (χ1v) is 7.64. The standard InChI is InChI=1S/C17H24N2O5/c1-17(2,3)16(23)18-9-5-6-14(20)19-13-8-7-11(24-4)10-12(13)15(21)22/h7-8,10H,5-6,9H2,1-4H3,(H,18,23)(H,19,20)(H,21,22). The summed E-state index contributed by atoms with van der Waals surface area (Å²) in [6, 6.07) is 4.41. The number of anilines is 1. The van der Waals surface area contributed by atoms with Crippen LogP contribution in [0.15, 0.2) is 18.2 Å². The van der Waals surface area contributed by atoms with Crippen LogP contribution >= 0.6 is 0 Å². The number of methoxy groups -OCH3 is 1. The highest BCUT2D eigenvalue weighted by Gasteiger charge is 2.20. The molecule has 0 saturated carbocycles. The SMILES string of the molecule is COc1ccc(NC(=O)CCCNC(=O)C(C)(C)C)c(C(=O)O)c1. The highest BCUT2D eigenvalue weighted by Crippen LogP contribution is 2.22.